The number of rotatable bonds is 6. The van der Waals surface area contributed by atoms with Crippen LogP contribution in [0.5, 0.6) is 0 Å². The zero-order chi connectivity index (χ0) is 11.4. The highest BCUT2D eigenvalue weighted by molar-refractivity contribution is 4.95. The Morgan fingerprint density at radius 1 is 1.38 bits per heavy atom. The van der Waals surface area contributed by atoms with E-state index in [0.29, 0.717) is 6.04 Å². The van der Waals surface area contributed by atoms with Crippen LogP contribution in [-0.4, -0.2) is 61.2 Å². The SMILES string of the molecule is C=CCCC(NCC)C1CN2CCN1CC2. The monoisotopic (exact) mass is 223 g/mol. The molecule has 3 saturated heterocycles. The summed E-state index contributed by atoms with van der Waals surface area (Å²) in [5.41, 5.74) is 0. The maximum Gasteiger partial charge on any atom is 0.0377 e. The average molecular weight is 223 g/mol. The number of hydrogen-bond acceptors (Lipinski definition) is 3. The highest BCUT2D eigenvalue weighted by Crippen LogP contribution is 2.20. The molecule has 3 aliphatic rings. The number of fused-ring (bicyclic) bond motifs is 3. The molecular formula is C13H25N3. The van der Waals surface area contributed by atoms with E-state index >= 15 is 0 Å². The zero-order valence-corrected chi connectivity index (χ0v) is 10.5. The number of piperazine rings is 3. The molecule has 16 heavy (non-hydrogen) atoms. The molecule has 3 rings (SSSR count). The Morgan fingerprint density at radius 3 is 2.62 bits per heavy atom. The maximum absolute atomic E-state index is 3.83. The van der Waals surface area contributed by atoms with E-state index in [9.17, 15) is 0 Å². The van der Waals surface area contributed by atoms with Gasteiger partial charge in [-0.15, -0.1) is 6.58 Å². The van der Waals surface area contributed by atoms with Gasteiger partial charge in [0.1, 0.15) is 0 Å². The summed E-state index contributed by atoms with van der Waals surface area (Å²) in [5.74, 6) is 0. The molecule has 0 amide bonds. The van der Waals surface area contributed by atoms with Crippen molar-refractivity contribution < 1.29 is 0 Å². The number of likely N-dealkylation sites (N-methyl/N-ethyl adjacent to an activating group) is 1. The maximum atomic E-state index is 3.83. The van der Waals surface area contributed by atoms with Gasteiger partial charge >= 0.3 is 0 Å². The van der Waals surface area contributed by atoms with Crippen molar-refractivity contribution in [3.63, 3.8) is 0 Å². The minimum absolute atomic E-state index is 0.645. The summed E-state index contributed by atoms with van der Waals surface area (Å²) in [4.78, 5) is 5.29. The largest absolute Gasteiger partial charge is 0.313 e. The Labute approximate surface area is 99.5 Å². The van der Waals surface area contributed by atoms with Crippen LogP contribution in [0.2, 0.25) is 0 Å². The van der Waals surface area contributed by atoms with Gasteiger partial charge in [0.2, 0.25) is 0 Å². The third-order valence-corrected chi connectivity index (χ3v) is 3.93. The summed E-state index contributed by atoms with van der Waals surface area (Å²) in [6.07, 6.45) is 4.40. The first-order chi connectivity index (χ1) is 7.85. The Balaban J connectivity index is 1.93. The number of nitrogens with one attached hydrogen (secondary N) is 1. The van der Waals surface area contributed by atoms with E-state index in [1.807, 2.05) is 6.08 Å². The van der Waals surface area contributed by atoms with Gasteiger partial charge in [-0.25, -0.2) is 0 Å². The summed E-state index contributed by atoms with van der Waals surface area (Å²) < 4.78 is 0. The van der Waals surface area contributed by atoms with Crippen molar-refractivity contribution in [2.24, 2.45) is 0 Å². The van der Waals surface area contributed by atoms with Gasteiger partial charge in [-0.1, -0.05) is 13.0 Å². The van der Waals surface area contributed by atoms with E-state index in [4.69, 9.17) is 0 Å². The standard InChI is InChI=1S/C13H25N3/c1-3-5-6-12(14-4-2)13-11-15-7-9-16(13)10-8-15/h3,12-14H,1,4-11H2,2H3. The Morgan fingerprint density at radius 2 is 2.12 bits per heavy atom. The van der Waals surface area contributed by atoms with Crippen LogP contribution in [-0.2, 0) is 0 Å². The normalized spacial score (nSPS) is 34.9. The quantitative estimate of drug-likeness (QED) is 0.676. The fourth-order valence-electron chi connectivity index (χ4n) is 3.03. The molecule has 2 unspecified atom stereocenters. The van der Waals surface area contributed by atoms with Gasteiger partial charge in [0, 0.05) is 44.8 Å². The highest BCUT2D eigenvalue weighted by atomic mass is 15.4. The van der Waals surface area contributed by atoms with Crippen LogP contribution in [0.15, 0.2) is 12.7 Å². The number of allylic oxidation sites excluding steroid dienone is 1. The second kappa shape index (κ2) is 5.80. The van der Waals surface area contributed by atoms with E-state index in [1.165, 1.54) is 39.1 Å². The fourth-order valence-corrected chi connectivity index (χ4v) is 3.03. The lowest BCUT2D eigenvalue weighted by Gasteiger charge is -2.50. The molecule has 0 spiro atoms. The molecule has 3 nitrogen and oxygen atoms in total. The molecule has 92 valence electrons. The minimum Gasteiger partial charge on any atom is -0.313 e. The number of nitrogens with zero attached hydrogens (tertiary/aromatic N) is 2. The molecular weight excluding hydrogens is 198 g/mol. The minimum atomic E-state index is 0.645. The lowest BCUT2D eigenvalue weighted by atomic mass is 9.96. The lowest BCUT2D eigenvalue weighted by molar-refractivity contribution is -0.00406. The summed E-state index contributed by atoms with van der Waals surface area (Å²) in [5, 5.41) is 3.66. The van der Waals surface area contributed by atoms with E-state index in [1.54, 1.807) is 0 Å². The van der Waals surface area contributed by atoms with Crippen LogP contribution < -0.4 is 5.32 Å². The molecule has 3 heteroatoms. The molecule has 2 bridgehead atoms. The molecule has 3 heterocycles. The van der Waals surface area contributed by atoms with Crippen molar-refractivity contribution in [1.29, 1.82) is 0 Å². The predicted molar refractivity (Wildman–Crippen MR) is 68.7 cm³/mol. The van der Waals surface area contributed by atoms with Crippen LogP contribution in [0, 0.1) is 0 Å². The van der Waals surface area contributed by atoms with Crippen LogP contribution in [0.4, 0.5) is 0 Å². The van der Waals surface area contributed by atoms with Crippen molar-refractivity contribution in [2.45, 2.75) is 31.8 Å². The van der Waals surface area contributed by atoms with Gasteiger partial charge < -0.3 is 5.32 Å². The first kappa shape index (κ1) is 12.1. The van der Waals surface area contributed by atoms with E-state index < -0.39 is 0 Å². The fraction of sp³-hybridized carbons (Fsp3) is 0.846. The van der Waals surface area contributed by atoms with Gasteiger partial charge in [-0.3, -0.25) is 9.80 Å². The van der Waals surface area contributed by atoms with E-state index in [0.717, 1.165) is 19.0 Å². The van der Waals surface area contributed by atoms with Crippen LogP contribution in [0.1, 0.15) is 19.8 Å². The van der Waals surface area contributed by atoms with Gasteiger partial charge in [0.15, 0.2) is 0 Å². The van der Waals surface area contributed by atoms with Gasteiger partial charge in [-0.2, -0.15) is 0 Å². The van der Waals surface area contributed by atoms with Crippen molar-refractivity contribution >= 4 is 0 Å². The predicted octanol–water partition coefficient (Wildman–Crippen LogP) is 0.930. The number of hydrogen-bond donors (Lipinski definition) is 1. The molecule has 3 aliphatic heterocycles. The van der Waals surface area contributed by atoms with Gasteiger partial charge in [-0.05, 0) is 19.4 Å². The van der Waals surface area contributed by atoms with Crippen molar-refractivity contribution in [1.82, 2.24) is 15.1 Å². The molecule has 0 radical (unpaired) electrons. The van der Waals surface area contributed by atoms with E-state index in [-0.39, 0.29) is 0 Å². The van der Waals surface area contributed by atoms with Crippen LogP contribution in [0.3, 0.4) is 0 Å². The molecule has 0 aromatic heterocycles. The highest BCUT2D eigenvalue weighted by Gasteiger charge is 2.35. The Kier molecular flexibility index (Phi) is 4.38. The third kappa shape index (κ3) is 2.65. The van der Waals surface area contributed by atoms with Crippen molar-refractivity contribution in [3.8, 4) is 0 Å². The molecule has 2 atom stereocenters. The Hall–Kier alpha value is -0.380. The second-order valence-electron chi connectivity index (χ2n) is 4.93. The zero-order valence-electron chi connectivity index (χ0n) is 10.5. The third-order valence-electron chi connectivity index (χ3n) is 3.93. The van der Waals surface area contributed by atoms with Crippen LogP contribution >= 0.6 is 0 Å². The Bertz CT molecular complexity index is 221. The van der Waals surface area contributed by atoms with Crippen LogP contribution in [0.25, 0.3) is 0 Å². The summed E-state index contributed by atoms with van der Waals surface area (Å²) in [6, 6.07) is 1.37. The summed E-state index contributed by atoms with van der Waals surface area (Å²) in [7, 11) is 0. The average Bonchev–Trinajstić information content (AvgIpc) is 2.36. The first-order valence-corrected chi connectivity index (χ1v) is 6.65. The molecule has 0 aliphatic carbocycles. The smallest absolute Gasteiger partial charge is 0.0377 e. The van der Waals surface area contributed by atoms with Gasteiger partial charge in [0.05, 0.1) is 0 Å². The van der Waals surface area contributed by atoms with Crippen molar-refractivity contribution in [3.05, 3.63) is 12.7 Å². The summed E-state index contributed by atoms with van der Waals surface area (Å²) >= 11 is 0. The molecule has 0 aromatic carbocycles. The molecule has 0 aromatic rings. The van der Waals surface area contributed by atoms with E-state index in [2.05, 4.69) is 28.6 Å². The second-order valence-corrected chi connectivity index (χ2v) is 4.93. The molecule has 3 fully saturated rings. The van der Waals surface area contributed by atoms with Crippen molar-refractivity contribution in [2.75, 3.05) is 39.3 Å². The molecule has 0 saturated carbocycles. The topological polar surface area (TPSA) is 18.5 Å². The first-order valence-electron chi connectivity index (χ1n) is 6.65. The van der Waals surface area contributed by atoms with Gasteiger partial charge in [0.25, 0.3) is 0 Å². The molecule has 1 N–H and O–H groups in total. The lowest BCUT2D eigenvalue weighted by Crippen LogP contribution is -2.66. The summed E-state index contributed by atoms with van der Waals surface area (Å²) in [6.45, 7) is 13.5.